The van der Waals surface area contributed by atoms with Crippen LogP contribution in [0.3, 0.4) is 0 Å². The molecule has 0 heterocycles. The summed E-state index contributed by atoms with van der Waals surface area (Å²) < 4.78 is 3.22. The van der Waals surface area contributed by atoms with E-state index < -0.39 is 0 Å². The zero-order valence-electron chi connectivity index (χ0n) is 11.4. The molecular formula is C15H19ClN2S. The van der Waals surface area contributed by atoms with Crippen LogP contribution in [0, 0.1) is 6.92 Å². The van der Waals surface area contributed by atoms with E-state index in [-0.39, 0.29) is 0 Å². The van der Waals surface area contributed by atoms with Crippen molar-refractivity contribution in [1.29, 1.82) is 0 Å². The number of benzene rings is 2. The van der Waals surface area contributed by atoms with Gasteiger partial charge in [0, 0.05) is 10.6 Å². The van der Waals surface area contributed by atoms with Crippen molar-refractivity contribution in [2.24, 2.45) is 0 Å². The van der Waals surface area contributed by atoms with Crippen LogP contribution in [-0.4, -0.2) is 0 Å². The molecule has 0 fully saturated rings. The molecule has 0 aliphatic heterocycles. The average molecular weight is 295 g/mol. The molecule has 2 nitrogen and oxygen atoms in total. The van der Waals surface area contributed by atoms with Crippen LogP contribution in [0.15, 0.2) is 47.4 Å². The van der Waals surface area contributed by atoms with Gasteiger partial charge in [-0.05, 0) is 60.8 Å². The Balaban J connectivity index is 0.000000861. The van der Waals surface area contributed by atoms with Crippen LogP contribution in [0.1, 0.15) is 19.4 Å². The van der Waals surface area contributed by atoms with E-state index in [1.807, 2.05) is 63.2 Å². The third-order valence-electron chi connectivity index (χ3n) is 2.28. The predicted octanol–water partition coefficient (Wildman–Crippen LogP) is 5.38. The Kier molecular flexibility index (Phi) is 6.60. The molecule has 0 bridgehead atoms. The van der Waals surface area contributed by atoms with Gasteiger partial charge in [-0.25, -0.2) is 0 Å². The van der Waals surface area contributed by atoms with Crippen LogP contribution in [0.4, 0.5) is 11.4 Å². The van der Waals surface area contributed by atoms with E-state index >= 15 is 0 Å². The quantitative estimate of drug-likeness (QED) is 0.590. The smallest absolute Gasteiger partial charge is 0.0648 e. The van der Waals surface area contributed by atoms with Gasteiger partial charge in [0.25, 0.3) is 0 Å². The number of nitrogen functional groups attached to an aromatic ring is 1. The van der Waals surface area contributed by atoms with Crippen molar-refractivity contribution in [3.05, 3.63) is 53.1 Å². The van der Waals surface area contributed by atoms with Gasteiger partial charge < -0.3 is 10.5 Å². The number of anilines is 2. The Hall–Kier alpha value is -1.32. The second kappa shape index (κ2) is 7.97. The standard InChI is InChI=1S/C13H13ClN2S.C2H6/c1-9-2-7-13(12(14)8-9)16-17-11-5-3-10(15)4-6-11;1-2/h2-8,16H,15H2,1H3;1-2H3. The number of hydrogen-bond donors (Lipinski definition) is 2. The molecule has 0 saturated heterocycles. The summed E-state index contributed by atoms with van der Waals surface area (Å²) in [5.41, 5.74) is 8.46. The molecule has 4 heteroatoms. The lowest BCUT2D eigenvalue weighted by Crippen LogP contribution is -1.89. The summed E-state index contributed by atoms with van der Waals surface area (Å²) in [5.74, 6) is 0. The van der Waals surface area contributed by atoms with Gasteiger partial charge in [-0.15, -0.1) is 0 Å². The van der Waals surface area contributed by atoms with E-state index in [1.54, 1.807) is 0 Å². The lowest BCUT2D eigenvalue weighted by Gasteiger charge is -2.08. The first-order valence-electron chi connectivity index (χ1n) is 6.20. The van der Waals surface area contributed by atoms with Crippen molar-refractivity contribution in [2.45, 2.75) is 25.7 Å². The third-order valence-corrected chi connectivity index (χ3v) is 3.43. The second-order valence-electron chi connectivity index (χ2n) is 3.76. The molecule has 0 aromatic heterocycles. The summed E-state index contributed by atoms with van der Waals surface area (Å²) in [6.07, 6.45) is 0. The average Bonchev–Trinajstić information content (AvgIpc) is 2.42. The highest BCUT2D eigenvalue weighted by Gasteiger charge is 2.00. The van der Waals surface area contributed by atoms with Crippen molar-refractivity contribution < 1.29 is 0 Å². The van der Waals surface area contributed by atoms with Crippen LogP contribution in [0.5, 0.6) is 0 Å². The van der Waals surface area contributed by atoms with Crippen molar-refractivity contribution in [3.8, 4) is 0 Å². The van der Waals surface area contributed by atoms with Gasteiger partial charge in [0.2, 0.25) is 0 Å². The van der Waals surface area contributed by atoms with Gasteiger partial charge >= 0.3 is 0 Å². The van der Waals surface area contributed by atoms with E-state index in [1.165, 1.54) is 11.9 Å². The van der Waals surface area contributed by atoms with E-state index in [9.17, 15) is 0 Å². The van der Waals surface area contributed by atoms with Gasteiger partial charge in [0.05, 0.1) is 10.7 Å². The highest BCUT2D eigenvalue weighted by Crippen LogP contribution is 2.28. The molecule has 102 valence electrons. The maximum absolute atomic E-state index is 6.13. The Labute approximate surface area is 124 Å². The van der Waals surface area contributed by atoms with Crippen molar-refractivity contribution >= 4 is 34.9 Å². The normalized spacial score (nSPS) is 9.47. The van der Waals surface area contributed by atoms with E-state index in [0.717, 1.165) is 26.9 Å². The monoisotopic (exact) mass is 294 g/mol. The van der Waals surface area contributed by atoms with Crippen LogP contribution in [0.2, 0.25) is 5.02 Å². The number of nitrogens with two attached hydrogens (primary N) is 1. The highest BCUT2D eigenvalue weighted by atomic mass is 35.5. The first-order chi connectivity index (χ1) is 9.15. The molecule has 0 unspecified atom stereocenters. The van der Waals surface area contributed by atoms with E-state index in [0.29, 0.717) is 0 Å². The first-order valence-corrected chi connectivity index (χ1v) is 7.39. The number of nitrogens with one attached hydrogen (secondary N) is 1. The van der Waals surface area contributed by atoms with Gasteiger partial charge in [0.15, 0.2) is 0 Å². The summed E-state index contributed by atoms with van der Waals surface area (Å²) >= 11 is 7.64. The number of hydrogen-bond acceptors (Lipinski definition) is 3. The molecule has 0 radical (unpaired) electrons. The first kappa shape index (κ1) is 15.7. The summed E-state index contributed by atoms with van der Waals surface area (Å²) in [5, 5.41) is 0.730. The third kappa shape index (κ3) is 5.05. The highest BCUT2D eigenvalue weighted by molar-refractivity contribution is 8.00. The number of halogens is 1. The van der Waals surface area contributed by atoms with Crippen molar-refractivity contribution in [2.75, 3.05) is 10.5 Å². The molecular weight excluding hydrogens is 276 g/mol. The SMILES string of the molecule is CC.Cc1ccc(NSc2ccc(N)cc2)c(Cl)c1. The van der Waals surface area contributed by atoms with Crippen LogP contribution in [0.25, 0.3) is 0 Å². The van der Waals surface area contributed by atoms with Gasteiger partial charge in [-0.1, -0.05) is 31.5 Å². The Morgan fingerprint density at radius 2 is 1.68 bits per heavy atom. The lowest BCUT2D eigenvalue weighted by molar-refractivity contribution is 1.45. The molecule has 0 atom stereocenters. The molecule has 0 saturated carbocycles. The number of rotatable bonds is 3. The molecule has 0 spiro atoms. The summed E-state index contributed by atoms with van der Waals surface area (Å²) in [6, 6.07) is 13.6. The van der Waals surface area contributed by atoms with E-state index in [2.05, 4.69) is 4.72 Å². The lowest BCUT2D eigenvalue weighted by atomic mass is 10.2. The zero-order valence-corrected chi connectivity index (χ0v) is 13.0. The topological polar surface area (TPSA) is 38.0 Å². The van der Waals surface area contributed by atoms with Crippen LogP contribution < -0.4 is 10.5 Å². The minimum atomic E-state index is 0.730. The molecule has 2 aromatic carbocycles. The van der Waals surface area contributed by atoms with Crippen molar-refractivity contribution in [3.63, 3.8) is 0 Å². The molecule has 2 aromatic rings. The largest absolute Gasteiger partial charge is 0.399 e. The Morgan fingerprint density at radius 3 is 2.26 bits per heavy atom. The predicted molar refractivity (Wildman–Crippen MR) is 87.9 cm³/mol. The molecule has 0 aliphatic rings. The molecule has 0 amide bonds. The van der Waals surface area contributed by atoms with Gasteiger partial charge in [-0.3, -0.25) is 0 Å². The van der Waals surface area contributed by atoms with Crippen LogP contribution in [-0.2, 0) is 0 Å². The van der Waals surface area contributed by atoms with Crippen LogP contribution >= 0.6 is 23.5 Å². The zero-order chi connectivity index (χ0) is 14.3. The molecule has 19 heavy (non-hydrogen) atoms. The minimum absolute atomic E-state index is 0.730. The van der Waals surface area contributed by atoms with E-state index in [4.69, 9.17) is 17.3 Å². The fraction of sp³-hybridized carbons (Fsp3) is 0.200. The minimum Gasteiger partial charge on any atom is -0.399 e. The summed E-state index contributed by atoms with van der Waals surface area (Å²) in [7, 11) is 0. The number of aryl methyl sites for hydroxylation is 1. The molecule has 2 rings (SSSR count). The summed E-state index contributed by atoms with van der Waals surface area (Å²) in [4.78, 5) is 1.09. The van der Waals surface area contributed by atoms with Crippen molar-refractivity contribution in [1.82, 2.24) is 0 Å². The maximum atomic E-state index is 6.13. The van der Waals surface area contributed by atoms with Gasteiger partial charge in [-0.2, -0.15) is 0 Å². The molecule has 3 N–H and O–H groups in total. The summed E-state index contributed by atoms with van der Waals surface area (Å²) in [6.45, 7) is 6.02. The Bertz CT molecular complexity index is 512. The fourth-order valence-corrected chi connectivity index (χ4v) is 2.37. The fourth-order valence-electron chi connectivity index (χ4n) is 1.35. The molecule has 0 aliphatic carbocycles. The maximum Gasteiger partial charge on any atom is 0.0648 e. The second-order valence-corrected chi connectivity index (χ2v) is 5.04. The van der Waals surface area contributed by atoms with Gasteiger partial charge in [0.1, 0.15) is 0 Å². The Morgan fingerprint density at radius 1 is 1.05 bits per heavy atom.